The lowest BCUT2D eigenvalue weighted by Gasteiger charge is -2.37. The molecule has 178 valence electrons. The van der Waals surface area contributed by atoms with Crippen LogP contribution in [-0.4, -0.2) is 55.7 Å². The summed E-state index contributed by atoms with van der Waals surface area (Å²) in [5, 5.41) is 3.75. The summed E-state index contributed by atoms with van der Waals surface area (Å²) in [7, 11) is 0. The molecule has 2 amide bonds. The first-order chi connectivity index (χ1) is 15.5. The van der Waals surface area contributed by atoms with E-state index in [1.165, 1.54) is 0 Å². The maximum atomic E-state index is 12.7. The van der Waals surface area contributed by atoms with E-state index >= 15 is 0 Å². The van der Waals surface area contributed by atoms with Crippen LogP contribution in [0.1, 0.15) is 11.1 Å². The molecule has 1 aliphatic heterocycles. The first kappa shape index (κ1) is 25.0. The normalized spacial score (nSPS) is 14.3. The Hall–Kier alpha value is -2.65. The van der Waals surface area contributed by atoms with Gasteiger partial charge in [0.15, 0.2) is 6.61 Å². The van der Waals surface area contributed by atoms with Crippen molar-refractivity contribution in [2.24, 2.45) is 0 Å². The average molecular weight is 504 g/mol. The van der Waals surface area contributed by atoms with Gasteiger partial charge >= 0.3 is 12.1 Å². The zero-order valence-electron chi connectivity index (χ0n) is 17.9. The summed E-state index contributed by atoms with van der Waals surface area (Å²) in [6.45, 7) is 3.57. The molecule has 2 aromatic rings. The van der Waals surface area contributed by atoms with Crippen molar-refractivity contribution in [1.29, 1.82) is 0 Å². The van der Waals surface area contributed by atoms with E-state index in [9.17, 15) is 22.8 Å². The van der Waals surface area contributed by atoms with Gasteiger partial charge in [0.25, 0.3) is 5.91 Å². The summed E-state index contributed by atoms with van der Waals surface area (Å²) in [5.74, 6) is -1.78. The van der Waals surface area contributed by atoms with Crippen molar-refractivity contribution in [2.45, 2.75) is 20.0 Å². The van der Waals surface area contributed by atoms with E-state index < -0.39 is 18.0 Å². The summed E-state index contributed by atoms with van der Waals surface area (Å²) in [6, 6.07) is 8.31. The second kappa shape index (κ2) is 10.1. The first-order valence-corrected chi connectivity index (χ1v) is 10.8. The Bertz CT molecular complexity index is 1030. The fourth-order valence-corrected chi connectivity index (χ4v) is 3.82. The van der Waals surface area contributed by atoms with Gasteiger partial charge in [0, 0.05) is 36.2 Å². The summed E-state index contributed by atoms with van der Waals surface area (Å²) < 4.78 is 43.6. The van der Waals surface area contributed by atoms with E-state index in [2.05, 4.69) is 5.32 Å². The number of carbonyl (C=O) groups excluding carboxylic acids is 2. The number of amides is 2. The van der Waals surface area contributed by atoms with Gasteiger partial charge in [-0.05, 0) is 55.3 Å². The fraction of sp³-hybridized carbons (Fsp3) is 0.364. The van der Waals surface area contributed by atoms with Gasteiger partial charge < -0.3 is 19.9 Å². The van der Waals surface area contributed by atoms with E-state index in [-0.39, 0.29) is 32.8 Å². The van der Waals surface area contributed by atoms with E-state index in [0.717, 1.165) is 16.0 Å². The third-order valence-electron chi connectivity index (χ3n) is 5.16. The number of hydrogen-bond acceptors (Lipinski definition) is 4. The van der Waals surface area contributed by atoms with Gasteiger partial charge in [-0.1, -0.05) is 23.2 Å². The van der Waals surface area contributed by atoms with Crippen molar-refractivity contribution in [3.8, 4) is 5.75 Å². The summed E-state index contributed by atoms with van der Waals surface area (Å²) in [5.41, 5.74) is 2.64. The fourth-order valence-electron chi connectivity index (χ4n) is 3.54. The molecule has 0 aromatic heterocycles. The third kappa shape index (κ3) is 6.23. The van der Waals surface area contributed by atoms with E-state index in [1.807, 2.05) is 13.8 Å². The lowest BCUT2D eigenvalue weighted by atomic mass is 10.1. The number of anilines is 2. The molecule has 0 spiro atoms. The smallest absolute Gasteiger partial charge is 0.471 e. The maximum Gasteiger partial charge on any atom is 0.471 e. The second-order valence-corrected chi connectivity index (χ2v) is 8.46. The van der Waals surface area contributed by atoms with Crippen molar-refractivity contribution in [1.82, 2.24) is 4.90 Å². The number of aryl methyl sites for hydroxylation is 2. The number of nitrogens with zero attached hydrogens (tertiary/aromatic N) is 2. The topological polar surface area (TPSA) is 61.9 Å². The van der Waals surface area contributed by atoms with E-state index in [0.29, 0.717) is 27.2 Å². The maximum absolute atomic E-state index is 12.7. The Labute approximate surface area is 199 Å². The Kier molecular flexibility index (Phi) is 7.64. The van der Waals surface area contributed by atoms with Gasteiger partial charge in [0.2, 0.25) is 0 Å². The lowest BCUT2D eigenvalue weighted by Crippen LogP contribution is -2.52. The number of alkyl halides is 3. The minimum atomic E-state index is -4.90. The van der Waals surface area contributed by atoms with Gasteiger partial charge in [0.1, 0.15) is 5.75 Å². The van der Waals surface area contributed by atoms with Crippen molar-refractivity contribution in [3.63, 3.8) is 0 Å². The minimum Gasteiger partial charge on any atom is -0.484 e. The van der Waals surface area contributed by atoms with Crippen molar-refractivity contribution in [2.75, 3.05) is 43.0 Å². The molecule has 0 radical (unpaired) electrons. The lowest BCUT2D eigenvalue weighted by molar-refractivity contribution is -0.185. The van der Waals surface area contributed by atoms with Crippen LogP contribution in [0.15, 0.2) is 30.3 Å². The van der Waals surface area contributed by atoms with Crippen LogP contribution >= 0.6 is 23.2 Å². The van der Waals surface area contributed by atoms with Crippen LogP contribution in [0, 0.1) is 13.8 Å². The molecule has 1 fully saturated rings. The Balaban J connectivity index is 1.65. The summed E-state index contributed by atoms with van der Waals surface area (Å²) in [4.78, 5) is 26.5. The number of ether oxygens (including phenoxy) is 1. The van der Waals surface area contributed by atoms with Gasteiger partial charge in [-0.25, -0.2) is 0 Å². The average Bonchev–Trinajstić information content (AvgIpc) is 2.75. The molecule has 1 heterocycles. The Morgan fingerprint density at radius 3 is 2.21 bits per heavy atom. The van der Waals surface area contributed by atoms with Crippen LogP contribution in [0.3, 0.4) is 0 Å². The molecule has 0 atom stereocenters. The SMILES string of the molecule is Cc1cc(OCC(=O)Nc2cc(Cl)ccc2N2CCN(C(=O)C(F)(F)F)CC2)cc(C)c1Cl. The monoisotopic (exact) mass is 503 g/mol. The molecule has 1 aliphatic rings. The van der Waals surface area contributed by atoms with Crippen LogP contribution in [0.2, 0.25) is 10.0 Å². The molecule has 1 saturated heterocycles. The number of halogens is 5. The van der Waals surface area contributed by atoms with E-state index in [4.69, 9.17) is 27.9 Å². The third-order valence-corrected chi connectivity index (χ3v) is 5.99. The standard InChI is InChI=1S/C22H22Cl2F3N3O3/c1-13-9-16(10-14(2)20(13)24)33-12-19(31)28-17-11-15(23)3-4-18(17)29-5-7-30(8-6-29)21(32)22(25,26)27/h3-4,9-11H,5-8,12H2,1-2H3,(H,28,31). The Morgan fingerprint density at radius 1 is 1.03 bits per heavy atom. The second-order valence-electron chi connectivity index (χ2n) is 7.65. The highest BCUT2D eigenvalue weighted by Gasteiger charge is 2.43. The molecular weight excluding hydrogens is 482 g/mol. The molecule has 0 aliphatic carbocycles. The predicted molar refractivity (Wildman–Crippen MR) is 121 cm³/mol. The van der Waals surface area contributed by atoms with Crippen LogP contribution in [0.5, 0.6) is 5.75 Å². The highest BCUT2D eigenvalue weighted by Crippen LogP contribution is 2.31. The first-order valence-electron chi connectivity index (χ1n) is 10.1. The minimum absolute atomic E-state index is 0.0905. The van der Waals surface area contributed by atoms with Gasteiger partial charge in [-0.3, -0.25) is 9.59 Å². The number of carbonyl (C=O) groups is 2. The van der Waals surface area contributed by atoms with Crippen molar-refractivity contribution in [3.05, 3.63) is 51.5 Å². The molecule has 0 bridgehead atoms. The van der Waals surface area contributed by atoms with Crippen LogP contribution < -0.4 is 15.0 Å². The molecule has 3 rings (SSSR count). The molecule has 1 N–H and O–H groups in total. The Morgan fingerprint density at radius 2 is 1.64 bits per heavy atom. The number of hydrogen-bond donors (Lipinski definition) is 1. The van der Waals surface area contributed by atoms with Gasteiger partial charge in [0.05, 0.1) is 11.4 Å². The van der Waals surface area contributed by atoms with Crippen molar-refractivity contribution < 1.29 is 27.5 Å². The zero-order chi connectivity index (χ0) is 24.3. The number of piperazine rings is 1. The van der Waals surface area contributed by atoms with Gasteiger partial charge in [-0.2, -0.15) is 13.2 Å². The molecule has 6 nitrogen and oxygen atoms in total. The summed E-state index contributed by atoms with van der Waals surface area (Å²) in [6.07, 6.45) is -4.90. The van der Waals surface area contributed by atoms with Crippen LogP contribution in [0.25, 0.3) is 0 Å². The highest BCUT2D eigenvalue weighted by molar-refractivity contribution is 6.32. The quantitative estimate of drug-likeness (QED) is 0.634. The van der Waals surface area contributed by atoms with Crippen LogP contribution in [-0.2, 0) is 9.59 Å². The zero-order valence-corrected chi connectivity index (χ0v) is 19.4. The molecule has 0 saturated carbocycles. The molecule has 33 heavy (non-hydrogen) atoms. The predicted octanol–water partition coefficient (Wildman–Crippen LogP) is 4.84. The molecule has 11 heteroatoms. The number of rotatable bonds is 5. The van der Waals surface area contributed by atoms with Gasteiger partial charge in [-0.15, -0.1) is 0 Å². The largest absolute Gasteiger partial charge is 0.484 e. The molecule has 2 aromatic carbocycles. The van der Waals surface area contributed by atoms with Crippen molar-refractivity contribution >= 4 is 46.4 Å². The van der Waals surface area contributed by atoms with Crippen LogP contribution in [0.4, 0.5) is 24.5 Å². The number of nitrogens with one attached hydrogen (secondary N) is 1. The summed E-state index contributed by atoms with van der Waals surface area (Å²) >= 11 is 12.2. The highest BCUT2D eigenvalue weighted by atomic mass is 35.5. The number of benzene rings is 2. The molecule has 0 unspecified atom stereocenters. The van der Waals surface area contributed by atoms with E-state index in [1.54, 1.807) is 35.2 Å². The molecular formula is C22H22Cl2F3N3O3.